The number of ether oxygens (including phenoxy) is 3. The molecule has 6 rings (SSSR count). The van der Waals surface area contributed by atoms with Crippen LogP contribution in [0.5, 0.6) is 11.6 Å². The van der Waals surface area contributed by atoms with E-state index in [0.717, 1.165) is 10.9 Å². The second-order valence-corrected chi connectivity index (χ2v) is 12.7. The van der Waals surface area contributed by atoms with Crippen molar-refractivity contribution in [2.45, 2.75) is 51.0 Å². The largest absolute Gasteiger partial charge is 0.476 e. The maximum absolute atomic E-state index is 14.4. The number of hydrogen-bond donors (Lipinski definition) is 4. The van der Waals surface area contributed by atoms with Gasteiger partial charge in [-0.05, 0) is 30.9 Å². The van der Waals surface area contributed by atoms with Crippen molar-refractivity contribution in [3.05, 3.63) is 84.7 Å². The van der Waals surface area contributed by atoms with E-state index < -0.39 is 50.9 Å². The van der Waals surface area contributed by atoms with Crippen LogP contribution in [0.3, 0.4) is 0 Å². The Morgan fingerprint density at radius 3 is 2.60 bits per heavy atom. The lowest BCUT2D eigenvalue weighted by molar-refractivity contribution is -0.146. The molecule has 6 atom stereocenters. The van der Waals surface area contributed by atoms with Gasteiger partial charge in [0, 0.05) is 5.39 Å². The van der Waals surface area contributed by atoms with Crippen molar-refractivity contribution in [2.75, 3.05) is 18.9 Å². The molecule has 3 heterocycles. The molecule has 6 unspecified atom stereocenters. The fourth-order valence-electron chi connectivity index (χ4n) is 5.24. The molecule has 5 N–H and O–H groups in total. The van der Waals surface area contributed by atoms with Gasteiger partial charge in [-0.3, -0.25) is 13.9 Å². The highest BCUT2D eigenvalue weighted by Gasteiger charge is 2.46. The molecule has 1 aliphatic heterocycles. The van der Waals surface area contributed by atoms with Gasteiger partial charge in [-0.15, -0.1) is 0 Å². The number of nitrogens with zero attached hydrogens (tertiary/aromatic N) is 4. The van der Waals surface area contributed by atoms with Crippen LogP contribution < -0.4 is 20.1 Å². The first-order valence-electron chi connectivity index (χ1n) is 15.2. The minimum Gasteiger partial charge on any atom is -0.476 e. The molecule has 15 nitrogen and oxygen atoms in total. The van der Waals surface area contributed by atoms with E-state index in [9.17, 15) is 19.6 Å². The first-order valence-corrected chi connectivity index (χ1v) is 16.7. The number of fused-ring (bicyclic) bond motifs is 2. The van der Waals surface area contributed by atoms with E-state index >= 15 is 0 Å². The standard InChI is InChI=1S/C32H35N6O9P/c1-3-43-29-25-28(35-32(33)36-29)38(18-34-25)30-27(40)26(39)24(46-30)17-45-48(42,47-23-15-9-13-21-12-7-8-14-22(21)23)37-19(2)31(41)44-16-20-10-5-4-6-11-20/h4-15,18-19,24,26-27,30,39-40H,3,16-17H2,1-2H3,(H,37,42)(H2,33,35,36). The fourth-order valence-corrected chi connectivity index (χ4v) is 6.76. The van der Waals surface area contributed by atoms with Gasteiger partial charge in [-0.1, -0.05) is 66.7 Å². The monoisotopic (exact) mass is 678 g/mol. The third kappa shape index (κ3) is 7.11. The van der Waals surface area contributed by atoms with E-state index in [1.807, 2.05) is 48.5 Å². The fraction of sp³-hybridized carbons (Fsp3) is 0.312. The SMILES string of the molecule is CCOc1nc(N)nc2c1ncn2C1OC(COP(=O)(NC(C)C(=O)OCc2ccccc2)Oc2cccc3ccccc23)C(O)C1O. The van der Waals surface area contributed by atoms with Crippen molar-refractivity contribution in [1.82, 2.24) is 24.6 Å². The van der Waals surface area contributed by atoms with Gasteiger partial charge in [0.1, 0.15) is 36.7 Å². The Morgan fingerprint density at radius 2 is 1.81 bits per heavy atom. The third-order valence-corrected chi connectivity index (χ3v) is 9.23. The number of benzene rings is 3. The lowest BCUT2D eigenvalue weighted by Crippen LogP contribution is -2.37. The number of esters is 1. The Morgan fingerprint density at radius 1 is 1.06 bits per heavy atom. The average Bonchev–Trinajstić information content (AvgIpc) is 3.63. The Balaban J connectivity index is 1.21. The van der Waals surface area contributed by atoms with Gasteiger partial charge >= 0.3 is 13.7 Å². The molecule has 0 spiro atoms. The predicted molar refractivity (Wildman–Crippen MR) is 174 cm³/mol. The first kappa shape index (κ1) is 33.3. The van der Waals surface area contributed by atoms with E-state index in [0.29, 0.717) is 12.0 Å². The van der Waals surface area contributed by atoms with Gasteiger partial charge in [-0.2, -0.15) is 15.1 Å². The summed E-state index contributed by atoms with van der Waals surface area (Å²) in [6.45, 7) is 3.04. The number of carbonyl (C=O) groups excluding carboxylic acids is 1. The minimum atomic E-state index is -4.39. The number of imidazole rings is 1. The molecule has 1 saturated heterocycles. The van der Waals surface area contributed by atoms with Crippen LogP contribution in [0.1, 0.15) is 25.6 Å². The van der Waals surface area contributed by atoms with Crippen molar-refractivity contribution >= 4 is 41.6 Å². The third-order valence-electron chi connectivity index (χ3n) is 7.61. The maximum atomic E-state index is 14.4. The number of nitrogens with two attached hydrogens (primary N) is 1. The van der Waals surface area contributed by atoms with Crippen LogP contribution in [0.4, 0.5) is 5.95 Å². The van der Waals surface area contributed by atoms with Crippen LogP contribution in [0.15, 0.2) is 79.1 Å². The summed E-state index contributed by atoms with van der Waals surface area (Å²) in [6.07, 6.45) is -3.98. The van der Waals surface area contributed by atoms with Crippen LogP contribution in [0.2, 0.25) is 0 Å². The number of carbonyl (C=O) groups is 1. The number of nitrogen functional groups attached to an aromatic ring is 1. The van der Waals surface area contributed by atoms with Crippen molar-refractivity contribution in [1.29, 1.82) is 0 Å². The highest BCUT2D eigenvalue weighted by molar-refractivity contribution is 7.52. The molecule has 1 aliphatic rings. The molecule has 0 aliphatic carbocycles. The minimum absolute atomic E-state index is 0.00792. The summed E-state index contributed by atoms with van der Waals surface area (Å²) < 4.78 is 44.5. The number of aromatic nitrogens is 4. The van der Waals surface area contributed by atoms with E-state index in [2.05, 4.69) is 20.0 Å². The van der Waals surface area contributed by atoms with E-state index in [1.165, 1.54) is 17.8 Å². The van der Waals surface area contributed by atoms with Crippen molar-refractivity contribution in [3.63, 3.8) is 0 Å². The highest BCUT2D eigenvalue weighted by Crippen LogP contribution is 2.47. The molecule has 3 aromatic carbocycles. The summed E-state index contributed by atoms with van der Waals surface area (Å²) in [6, 6.07) is 20.5. The lowest BCUT2D eigenvalue weighted by Gasteiger charge is -2.25. The normalized spacial score (nSPS) is 21.2. The molecule has 0 saturated carbocycles. The van der Waals surface area contributed by atoms with Crippen molar-refractivity contribution in [3.8, 4) is 11.6 Å². The topological polar surface area (TPSA) is 202 Å². The van der Waals surface area contributed by atoms with Crippen molar-refractivity contribution in [2.24, 2.45) is 0 Å². The summed E-state index contributed by atoms with van der Waals surface area (Å²) in [5, 5.41) is 26.1. The number of hydrogen-bond acceptors (Lipinski definition) is 13. The average molecular weight is 679 g/mol. The van der Waals surface area contributed by atoms with E-state index in [-0.39, 0.29) is 35.3 Å². The number of anilines is 1. The second kappa shape index (κ2) is 14.2. The Bertz CT molecular complexity index is 1940. The van der Waals surface area contributed by atoms with Gasteiger partial charge < -0.3 is 34.7 Å². The molecule has 0 bridgehead atoms. The van der Waals surface area contributed by atoms with Crippen LogP contribution in [0.25, 0.3) is 21.9 Å². The van der Waals surface area contributed by atoms with Crippen molar-refractivity contribution < 1.29 is 42.8 Å². The van der Waals surface area contributed by atoms with Crippen LogP contribution in [0, 0.1) is 0 Å². The Hall–Kier alpha value is -4.63. The van der Waals surface area contributed by atoms with E-state index in [1.54, 1.807) is 31.2 Å². The van der Waals surface area contributed by atoms with E-state index in [4.69, 9.17) is 29.0 Å². The molecule has 252 valence electrons. The summed E-state index contributed by atoms with van der Waals surface area (Å²) in [5.74, 6) is -0.404. The molecular formula is C32H35N6O9P. The summed E-state index contributed by atoms with van der Waals surface area (Å²) >= 11 is 0. The van der Waals surface area contributed by atoms with Gasteiger partial charge in [-0.25, -0.2) is 9.55 Å². The highest BCUT2D eigenvalue weighted by atomic mass is 31.2. The summed E-state index contributed by atoms with van der Waals surface area (Å²) in [5.41, 5.74) is 7.14. The zero-order chi connectivity index (χ0) is 33.8. The Labute approximate surface area is 275 Å². The molecule has 0 amide bonds. The smallest absolute Gasteiger partial charge is 0.459 e. The maximum Gasteiger partial charge on any atom is 0.459 e. The number of rotatable bonds is 13. The van der Waals surface area contributed by atoms with Gasteiger partial charge in [0.15, 0.2) is 17.4 Å². The summed E-state index contributed by atoms with van der Waals surface area (Å²) in [7, 11) is -4.39. The molecule has 2 aromatic heterocycles. The summed E-state index contributed by atoms with van der Waals surface area (Å²) in [4.78, 5) is 25.5. The molecular weight excluding hydrogens is 643 g/mol. The molecule has 5 aromatic rings. The predicted octanol–water partition coefficient (Wildman–Crippen LogP) is 3.50. The number of aliphatic hydroxyl groups is 2. The lowest BCUT2D eigenvalue weighted by atomic mass is 10.1. The first-order chi connectivity index (χ1) is 23.2. The molecule has 48 heavy (non-hydrogen) atoms. The van der Waals surface area contributed by atoms with Crippen LogP contribution in [-0.2, 0) is 30.0 Å². The number of nitrogens with one attached hydrogen (secondary N) is 1. The zero-order valence-electron chi connectivity index (χ0n) is 26.1. The second-order valence-electron chi connectivity index (χ2n) is 11.0. The quantitative estimate of drug-likeness (QED) is 0.104. The van der Waals surface area contributed by atoms with Gasteiger partial charge in [0.05, 0.1) is 19.5 Å². The van der Waals surface area contributed by atoms with Gasteiger partial charge in [0.25, 0.3) is 0 Å². The Kier molecular flexibility index (Phi) is 9.87. The zero-order valence-corrected chi connectivity index (χ0v) is 27.0. The van der Waals surface area contributed by atoms with Crippen LogP contribution >= 0.6 is 7.75 Å². The molecule has 16 heteroatoms. The number of aliphatic hydroxyl groups excluding tert-OH is 2. The molecule has 0 radical (unpaired) electrons. The van der Waals surface area contributed by atoms with Gasteiger partial charge in [0.2, 0.25) is 11.8 Å². The molecule has 1 fully saturated rings. The van der Waals surface area contributed by atoms with Crippen LogP contribution in [-0.4, -0.2) is 73.3 Å².